The molecule has 5 nitrogen and oxygen atoms in total. The molecule has 20 heavy (non-hydrogen) atoms. The topological polar surface area (TPSA) is 98.6 Å². The molecule has 2 aromatic rings. The minimum absolute atomic E-state index is 0.0252. The van der Waals surface area contributed by atoms with Gasteiger partial charge in [-0.25, -0.2) is 4.79 Å². The number of carbonyl (C=O) groups is 1. The third-order valence-electron chi connectivity index (χ3n) is 2.60. The summed E-state index contributed by atoms with van der Waals surface area (Å²) in [5.41, 5.74) is 11.9. The minimum atomic E-state index is -0.738. The van der Waals surface area contributed by atoms with Gasteiger partial charge in [0.15, 0.2) is 0 Å². The standard InChI is InChI=1S/C14H12N2O3S/c15-8-5-6-11(17)10(7-8)14(18)19-12-4-2-1-3-9(12)13(16)20/h1-7,17H,15H2,(H2,16,20). The molecule has 0 aromatic heterocycles. The highest BCUT2D eigenvalue weighted by atomic mass is 32.1. The first-order valence-corrected chi connectivity index (χ1v) is 6.09. The Kier molecular flexibility index (Phi) is 3.86. The number of para-hydroxylation sites is 1. The lowest BCUT2D eigenvalue weighted by atomic mass is 10.1. The number of hydrogen-bond donors (Lipinski definition) is 3. The van der Waals surface area contributed by atoms with E-state index in [4.69, 9.17) is 28.4 Å². The van der Waals surface area contributed by atoms with Crippen molar-refractivity contribution in [3.63, 3.8) is 0 Å². The molecular weight excluding hydrogens is 276 g/mol. The number of rotatable bonds is 3. The van der Waals surface area contributed by atoms with Gasteiger partial charge in [0.1, 0.15) is 22.1 Å². The van der Waals surface area contributed by atoms with Crippen LogP contribution < -0.4 is 16.2 Å². The zero-order valence-electron chi connectivity index (χ0n) is 10.4. The Morgan fingerprint density at radius 1 is 1.15 bits per heavy atom. The van der Waals surface area contributed by atoms with Gasteiger partial charge < -0.3 is 21.3 Å². The van der Waals surface area contributed by atoms with E-state index in [9.17, 15) is 9.90 Å². The van der Waals surface area contributed by atoms with Gasteiger partial charge in [-0.1, -0.05) is 24.4 Å². The van der Waals surface area contributed by atoms with Crippen LogP contribution in [-0.4, -0.2) is 16.1 Å². The van der Waals surface area contributed by atoms with Crippen LogP contribution in [0.1, 0.15) is 15.9 Å². The summed E-state index contributed by atoms with van der Waals surface area (Å²) in [4.78, 5) is 12.2. The number of nitrogens with two attached hydrogens (primary N) is 2. The van der Waals surface area contributed by atoms with Crippen LogP contribution in [0.15, 0.2) is 42.5 Å². The van der Waals surface area contributed by atoms with Crippen LogP contribution in [0, 0.1) is 0 Å². The summed E-state index contributed by atoms with van der Waals surface area (Å²) in [5, 5.41) is 9.66. The molecule has 6 heteroatoms. The number of aromatic hydroxyl groups is 1. The number of anilines is 1. The van der Waals surface area contributed by atoms with Gasteiger partial charge >= 0.3 is 5.97 Å². The fourth-order valence-electron chi connectivity index (χ4n) is 1.63. The van der Waals surface area contributed by atoms with Crippen molar-refractivity contribution in [3.05, 3.63) is 53.6 Å². The fourth-order valence-corrected chi connectivity index (χ4v) is 1.80. The summed E-state index contributed by atoms with van der Waals surface area (Å²) in [6.07, 6.45) is 0. The van der Waals surface area contributed by atoms with Crippen LogP contribution in [0.25, 0.3) is 0 Å². The molecule has 0 unspecified atom stereocenters. The number of ether oxygens (including phenoxy) is 1. The molecule has 0 radical (unpaired) electrons. The first-order chi connectivity index (χ1) is 9.49. The van der Waals surface area contributed by atoms with Gasteiger partial charge in [-0.2, -0.15) is 0 Å². The molecule has 5 N–H and O–H groups in total. The zero-order chi connectivity index (χ0) is 14.7. The molecule has 0 spiro atoms. The van der Waals surface area contributed by atoms with Crippen molar-refractivity contribution >= 4 is 28.9 Å². The highest BCUT2D eigenvalue weighted by Gasteiger charge is 2.16. The Hall–Kier alpha value is -2.60. The molecule has 102 valence electrons. The van der Waals surface area contributed by atoms with Gasteiger partial charge in [-0.05, 0) is 30.3 Å². The SMILES string of the molecule is NC(=S)c1ccccc1OC(=O)c1cc(N)ccc1O. The second-order valence-corrected chi connectivity index (χ2v) is 4.47. The Morgan fingerprint density at radius 3 is 2.55 bits per heavy atom. The first-order valence-electron chi connectivity index (χ1n) is 5.68. The molecule has 0 bridgehead atoms. The van der Waals surface area contributed by atoms with Gasteiger partial charge in [-0.15, -0.1) is 0 Å². The predicted octanol–water partition coefficient (Wildman–Crippen LogP) is 1.83. The molecule has 2 aromatic carbocycles. The van der Waals surface area contributed by atoms with Crippen LogP contribution in [0.5, 0.6) is 11.5 Å². The Balaban J connectivity index is 2.33. The molecule has 2 rings (SSSR count). The van der Waals surface area contributed by atoms with Gasteiger partial charge in [0.2, 0.25) is 0 Å². The Morgan fingerprint density at radius 2 is 1.85 bits per heavy atom. The minimum Gasteiger partial charge on any atom is -0.507 e. The van der Waals surface area contributed by atoms with E-state index in [1.807, 2.05) is 0 Å². The molecule has 0 aliphatic heterocycles. The number of nitrogen functional groups attached to an aromatic ring is 1. The molecule has 0 aliphatic carbocycles. The van der Waals surface area contributed by atoms with Crippen LogP contribution in [0.2, 0.25) is 0 Å². The van der Waals surface area contributed by atoms with E-state index in [1.165, 1.54) is 18.2 Å². The highest BCUT2D eigenvalue weighted by Crippen LogP contribution is 2.24. The molecule has 0 aliphatic rings. The van der Waals surface area contributed by atoms with Gasteiger partial charge in [0.05, 0.1) is 5.56 Å². The van der Waals surface area contributed by atoms with Crippen molar-refractivity contribution in [1.82, 2.24) is 0 Å². The van der Waals surface area contributed by atoms with Gasteiger partial charge in [0, 0.05) is 5.69 Å². The van der Waals surface area contributed by atoms with Crippen LogP contribution in [-0.2, 0) is 0 Å². The first kappa shape index (κ1) is 13.8. The maximum Gasteiger partial charge on any atom is 0.347 e. The Bertz CT molecular complexity index is 686. The summed E-state index contributed by atoms with van der Waals surface area (Å²) in [6.45, 7) is 0. The summed E-state index contributed by atoms with van der Waals surface area (Å²) >= 11 is 4.88. The summed E-state index contributed by atoms with van der Waals surface area (Å²) in [6, 6.07) is 10.8. The predicted molar refractivity (Wildman–Crippen MR) is 79.8 cm³/mol. The third-order valence-corrected chi connectivity index (χ3v) is 2.82. The number of benzene rings is 2. The molecule has 0 heterocycles. The van der Waals surface area contributed by atoms with E-state index in [0.29, 0.717) is 11.3 Å². The van der Waals surface area contributed by atoms with Crippen LogP contribution in [0.3, 0.4) is 0 Å². The second kappa shape index (κ2) is 5.58. The average molecular weight is 288 g/mol. The summed E-state index contributed by atoms with van der Waals surface area (Å²) in [7, 11) is 0. The number of carbonyl (C=O) groups excluding carboxylic acids is 1. The monoisotopic (exact) mass is 288 g/mol. The van der Waals surface area contributed by atoms with Gasteiger partial charge in [0.25, 0.3) is 0 Å². The lowest BCUT2D eigenvalue weighted by Crippen LogP contribution is -2.15. The van der Waals surface area contributed by atoms with E-state index in [-0.39, 0.29) is 22.1 Å². The summed E-state index contributed by atoms with van der Waals surface area (Å²) in [5.74, 6) is -0.720. The van der Waals surface area contributed by atoms with E-state index in [2.05, 4.69) is 0 Å². The van der Waals surface area contributed by atoms with Crippen LogP contribution in [0.4, 0.5) is 5.69 Å². The molecule has 0 saturated heterocycles. The number of thiocarbonyl (C=S) groups is 1. The second-order valence-electron chi connectivity index (χ2n) is 4.03. The molecule has 0 saturated carbocycles. The fraction of sp³-hybridized carbons (Fsp3) is 0. The lowest BCUT2D eigenvalue weighted by molar-refractivity contribution is 0.0731. The van der Waals surface area contributed by atoms with Crippen molar-refractivity contribution in [3.8, 4) is 11.5 Å². The molecule has 0 amide bonds. The van der Waals surface area contributed by atoms with Crippen molar-refractivity contribution in [2.45, 2.75) is 0 Å². The van der Waals surface area contributed by atoms with Crippen molar-refractivity contribution in [2.24, 2.45) is 5.73 Å². The van der Waals surface area contributed by atoms with E-state index in [1.54, 1.807) is 24.3 Å². The third kappa shape index (κ3) is 2.86. The average Bonchev–Trinajstić information content (AvgIpc) is 2.41. The van der Waals surface area contributed by atoms with Crippen molar-refractivity contribution in [2.75, 3.05) is 5.73 Å². The molecule has 0 fully saturated rings. The lowest BCUT2D eigenvalue weighted by Gasteiger charge is -2.10. The van der Waals surface area contributed by atoms with Crippen LogP contribution >= 0.6 is 12.2 Å². The largest absolute Gasteiger partial charge is 0.507 e. The van der Waals surface area contributed by atoms with E-state index >= 15 is 0 Å². The maximum atomic E-state index is 12.0. The Labute approximate surface area is 120 Å². The quantitative estimate of drug-likeness (QED) is 0.262. The van der Waals surface area contributed by atoms with E-state index < -0.39 is 5.97 Å². The molecular formula is C14H12N2O3S. The number of phenolic OH excluding ortho intramolecular Hbond substituents is 1. The number of phenols is 1. The molecule has 0 atom stereocenters. The smallest absolute Gasteiger partial charge is 0.347 e. The zero-order valence-corrected chi connectivity index (χ0v) is 11.2. The maximum absolute atomic E-state index is 12.0. The van der Waals surface area contributed by atoms with Crippen molar-refractivity contribution in [1.29, 1.82) is 0 Å². The van der Waals surface area contributed by atoms with Crippen molar-refractivity contribution < 1.29 is 14.6 Å². The number of esters is 1. The highest BCUT2D eigenvalue weighted by molar-refractivity contribution is 7.80. The number of hydrogen-bond acceptors (Lipinski definition) is 5. The normalized spacial score (nSPS) is 10.0. The summed E-state index contributed by atoms with van der Waals surface area (Å²) < 4.78 is 5.21. The van der Waals surface area contributed by atoms with E-state index in [0.717, 1.165) is 0 Å². The van der Waals surface area contributed by atoms with Gasteiger partial charge in [-0.3, -0.25) is 0 Å².